The van der Waals surface area contributed by atoms with Gasteiger partial charge in [-0.25, -0.2) is 24.1 Å². The number of hydrogen-bond donors (Lipinski definition) is 0. The van der Waals surface area contributed by atoms with Crippen molar-refractivity contribution in [3.8, 4) is 28.9 Å². The van der Waals surface area contributed by atoms with Crippen molar-refractivity contribution in [3.05, 3.63) is 69.1 Å². The standard InChI is InChI=1S/C22H11ClF5N7O4/c1-9-5-13-17(39-22(27,28)38-13)15-16(9)30-19(37-20(15)36)12-6-10(7-34-8-14(31-33-34)21(24,25)26)32-35(12)18-11(23)3-2-4-29-18/h2-6,8H,7H2,1H3. The summed E-state index contributed by atoms with van der Waals surface area (Å²) in [6.07, 6.45) is -6.57. The molecule has 5 aromatic rings. The monoisotopic (exact) mass is 567 g/mol. The molecule has 6 rings (SSSR count). The fourth-order valence-corrected chi connectivity index (χ4v) is 4.14. The topological polar surface area (TPSA) is 123 Å². The summed E-state index contributed by atoms with van der Waals surface area (Å²) in [5.41, 5.74) is -1.81. The molecule has 0 bridgehead atoms. The van der Waals surface area contributed by atoms with Crippen molar-refractivity contribution in [1.82, 2.24) is 34.7 Å². The summed E-state index contributed by atoms with van der Waals surface area (Å²) >= 11 is 6.29. The predicted molar refractivity (Wildman–Crippen MR) is 121 cm³/mol. The maximum Gasteiger partial charge on any atom is 0.586 e. The van der Waals surface area contributed by atoms with Crippen LogP contribution in [0.3, 0.4) is 0 Å². The van der Waals surface area contributed by atoms with Crippen LogP contribution in [0.2, 0.25) is 5.02 Å². The Morgan fingerprint density at radius 1 is 1.18 bits per heavy atom. The second-order valence-electron chi connectivity index (χ2n) is 8.26. The van der Waals surface area contributed by atoms with Gasteiger partial charge in [-0.3, -0.25) is 0 Å². The molecule has 1 aromatic carbocycles. The van der Waals surface area contributed by atoms with Crippen molar-refractivity contribution in [2.75, 3.05) is 0 Å². The van der Waals surface area contributed by atoms with E-state index in [1.807, 2.05) is 0 Å². The molecule has 0 atom stereocenters. The number of aromatic nitrogens is 7. The van der Waals surface area contributed by atoms with E-state index in [9.17, 15) is 26.7 Å². The van der Waals surface area contributed by atoms with Crippen molar-refractivity contribution in [2.24, 2.45) is 0 Å². The molecule has 5 heterocycles. The Balaban J connectivity index is 1.51. The molecule has 1 aliphatic heterocycles. The zero-order valence-electron chi connectivity index (χ0n) is 19.2. The molecular formula is C22H11ClF5N7O4. The third-order valence-electron chi connectivity index (χ3n) is 5.54. The number of ether oxygens (including phenoxy) is 2. The van der Waals surface area contributed by atoms with Crippen LogP contribution in [0.1, 0.15) is 17.0 Å². The lowest BCUT2D eigenvalue weighted by Crippen LogP contribution is -2.26. The van der Waals surface area contributed by atoms with Gasteiger partial charge < -0.3 is 13.9 Å². The Kier molecular flexibility index (Phi) is 5.36. The quantitative estimate of drug-likeness (QED) is 0.291. The van der Waals surface area contributed by atoms with Crippen LogP contribution in [0.5, 0.6) is 11.5 Å². The Bertz CT molecular complexity index is 1830. The van der Waals surface area contributed by atoms with Gasteiger partial charge in [0.1, 0.15) is 11.1 Å². The average molecular weight is 568 g/mol. The summed E-state index contributed by atoms with van der Waals surface area (Å²) in [6, 6.07) is 5.67. The van der Waals surface area contributed by atoms with E-state index in [1.165, 1.54) is 36.0 Å². The number of alkyl halides is 5. The van der Waals surface area contributed by atoms with Crippen molar-refractivity contribution in [1.29, 1.82) is 0 Å². The van der Waals surface area contributed by atoms with E-state index in [4.69, 9.17) is 16.0 Å². The lowest BCUT2D eigenvalue weighted by atomic mass is 10.1. The van der Waals surface area contributed by atoms with Gasteiger partial charge in [-0.2, -0.15) is 18.3 Å². The first-order chi connectivity index (χ1) is 18.4. The average Bonchev–Trinajstić information content (AvgIpc) is 3.56. The van der Waals surface area contributed by atoms with Crippen LogP contribution in [0.15, 0.2) is 45.9 Å². The third kappa shape index (κ3) is 4.31. The van der Waals surface area contributed by atoms with Crippen molar-refractivity contribution >= 4 is 22.5 Å². The van der Waals surface area contributed by atoms with Gasteiger partial charge in [0.05, 0.1) is 29.0 Å². The Labute approximate surface area is 217 Å². The van der Waals surface area contributed by atoms with Gasteiger partial charge in [-0.1, -0.05) is 16.8 Å². The summed E-state index contributed by atoms with van der Waals surface area (Å²) < 4.78 is 82.6. The number of halogens is 6. The van der Waals surface area contributed by atoms with Gasteiger partial charge >= 0.3 is 18.1 Å². The van der Waals surface area contributed by atoms with Gasteiger partial charge in [0, 0.05) is 6.20 Å². The van der Waals surface area contributed by atoms with E-state index >= 15 is 0 Å². The number of aryl methyl sites for hydroxylation is 1. The molecule has 0 spiro atoms. The summed E-state index contributed by atoms with van der Waals surface area (Å²) in [5.74, 6) is -1.11. The summed E-state index contributed by atoms with van der Waals surface area (Å²) in [5, 5.41) is 10.7. The molecule has 0 saturated heterocycles. The van der Waals surface area contributed by atoms with Crippen molar-refractivity contribution < 1.29 is 35.8 Å². The molecule has 0 N–H and O–H groups in total. The van der Waals surface area contributed by atoms with Crippen LogP contribution in [-0.2, 0) is 12.7 Å². The molecule has 0 unspecified atom stereocenters. The highest BCUT2D eigenvalue weighted by Crippen LogP contribution is 2.45. The zero-order valence-corrected chi connectivity index (χ0v) is 20.0. The largest absolute Gasteiger partial charge is 0.586 e. The van der Waals surface area contributed by atoms with Crippen LogP contribution in [0.25, 0.3) is 28.3 Å². The number of fused-ring (bicyclic) bond motifs is 3. The number of nitrogens with zero attached hydrogens (tertiary/aromatic N) is 7. The van der Waals surface area contributed by atoms with E-state index in [2.05, 4.69) is 34.9 Å². The number of pyridine rings is 1. The molecule has 0 fully saturated rings. The normalized spacial score (nSPS) is 14.3. The lowest BCUT2D eigenvalue weighted by Gasteiger charge is -2.09. The predicted octanol–water partition coefficient (Wildman–Crippen LogP) is 4.38. The van der Waals surface area contributed by atoms with E-state index < -0.39 is 29.5 Å². The highest BCUT2D eigenvalue weighted by Gasteiger charge is 2.45. The SMILES string of the molecule is Cc1cc2c(c3c(=O)oc(-c4cc(Cn5cc(C(F)(F)F)nn5)nn4-c4ncccc4Cl)nc13)OC(F)(F)O2. The third-order valence-corrected chi connectivity index (χ3v) is 5.83. The molecule has 1 aliphatic rings. The smallest absolute Gasteiger partial charge is 0.401 e. The second-order valence-corrected chi connectivity index (χ2v) is 8.67. The van der Waals surface area contributed by atoms with Gasteiger partial charge in [0.25, 0.3) is 0 Å². The Hall–Kier alpha value is -4.60. The van der Waals surface area contributed by atoms with Crippen molar-refractivity contribution in [2.45, 2.75) is 25.9 Å². The van der Waals surface area contributed by atoms with Gasteiger partial charge in [0.2, 0.25) is 5.89 Å². The Morgan fingerprint density at radius 2 is 1.97 bits per heavy atom. The molecule has 17 heteroatoms. The van der Waals surface area contributed by atoms with Gasteiger partial charge in [0.15, 0.2) is 23.0 Å². The first-order valence-corrected chi connectivity index (χ1v) is 11.2. The fourth-order valence-electron chi connectivity index (χ4n) is 3.94. The molecule has 0 amide bonds. The second kappa shape index (κ2) is 8.45. The van der Waals surface area contributed by atoms with E-state index in [0.717, 1.165) is 4.68 Å². The number of rotatable bonds is 4. The maximum atomic E-state index is 13.7. The molecule has 0 radical (unpaired) electrons. The van der Waals surface area contributed by atoms with E-state index in [1.54, 1.807) is 6.07 Å². The fraction of sp³-hybridized carbons (Fsp3) is 0.182. The van der Waals surface area contributed by atoms with E-state index in [0.29, 0.717) is 11.8 Å². The Morgan fingerprint density at radius 3 is 2.69 bits per heavy atom. The van der Waals surface area contributed by atoms with Crippen LogP contribution in [-0.4, -0.2) is 41.0 Å². The van der Waals surface area contributed by atoms with Crippen LogP contribution in [0, 0.1) is 6.92 Å². The molecule has 0 aliphatic carbocycles. The molecule has 39 heavy (non-hydrogen) atoms. The van der Waals surface area contributed by atoms with Crippen LogP contribution >= 0.6 is 11.6 Å². The first-order valence-electron chi connectivity index (χ1n) is 10.8. The highest BCUT2D eigenvalue weighted by molar-refractivity contribution is 6.32. The number of hydrogen-bond acceptors (Lipinski definition) is 9. The summed E-state index contributed by atoms with van der Waals surface area (Å²) in [7, 11) is 0. The molecular weight excluding hydrogens is 557 g/mol. The van der Waals surface area contributed by atoms with Gasteiger partial charge in [-0.05, 0) is 36.8 Å². The summed E-state index contributed by atoms with van der Waals surface area (Å²) in [4.78, 5) is 21.5. The minimum atomic E-state index is -4.70. The lowest BCUT2D eigenvalue weighted by molar-refractivity contribution is -0.286. The zero-order chi connectivity index (χ0) is 27.7. The molecule has 200 valence electrons. The maximum absolute atomic E-state index is 13.7. The van der Waals surface area contributed by atoms with Crippen LogP contribution < -0.4 is 15.1 Å². The summed E-state index contributed by atoms with van der Waals surface area (Å²) in [6.45, 7) is 1.25. The molecule has 11 nitrogen and oxygen atoms in total. The highest BCUT2D eigenvalue weighted by atomic mass is 35.5. The van der Waals surface area contributed by atoms with E-state index in [-0.39, 0.29) is 51.3 Å². The van der Waals surface area contributed by atoms with Crippen LogP contribution in [0.4, 0.5) is 22.0 Å². The first kappa shape index (κ1) is 24.7. The van der Waals surface area contributed by atoms with Crippen molar-refractivity contribution in [3.63, 3.8) is 0 Å². The molecule has 4 aromatic heterocycles. The minimum Gasteiger partial charge on any atom is -0.401 e. The number of benzene rings is 1. The molecule has 0 saturated carbocycles. The minimum absolute atomic E-state index is 0.0196. The van der Waals surface area contributed by atoms with Gasteiger partial charge in [-0.15, -0.1) is 13.9 Å².